The molecule has 0 saturated carbocycles. The molecule has 2 heterocycles. The molecule has 0 radical (unpaired) electrons. The Balaban J connectivity index is 1.59. The van der Waals surface area contributed by atoms with Crippen molar-refractivity contribution in [3.05, 3.63) is 69.9 Å². The highest BCUT2D eigenvalue weighted by atomic mass is 32.2. The van der Waals surface area contributed by atoms with Crippen LogP contribution in [0.3, 0.4) is 0 Å². The van der Waals surface area contributed by atoms with E-state index < -0.39 is 20.9 Å². The van der Waals surface area contributed by atoms with Crippen LogP contribution in [0.15, 0.2) is 54.2 Å². The average Bonchev–Trinajstić information content (AvgIpc) is 2.73. The van der Waals surface area contributed by atoms with Gasteiger partial charge in [0.2, 0.25) is 15.9 Å². The maximum Gasteiger partial charge on any atom is 0.310 e. The number of amides is 1. The smallest absolute Gasteiger partial charge is 0.310 e. The number of nitro groups is 1. The van der Waals surface area contributed by atoms with Crippen molar-refractivity contribution < 1.29 is 18.1 Å². The van der Waals surface area contributed by atoms with Crippen molar-refractivity contribution in [1.82, 2.24) is 9.29 Å². The number of nitrogens with zero attached hydrogens (tertiary/aromatic N) is 3. The molecule has 152 valence electrons. The quantitative estimate of drug-likeness (QED) is 0.570. The zero-order valence-corrected chi connectivity index (χ0v) is 16.3. The Kier molecular flexibility index (Phi) is 6.35. The molecule has 1 amide bonds. The first-order valence-corrected chi connectivity index (χ1v) is 10.5. The molecule has 0 unspecified atom stereocenters. The molecule has 2 aromatic rings. The Morgan fingerprint density at radius 3 is 2.55 bits per heavy atom. The normalized spacial score (nSPS) is 16.0. The van der Waals surface area contributed by atoms with Crippen LogP contribution in [0.1, 0.15) is 18.4 Å². The van der Waals surface area contributed by atoms with Gasteiger partial charge in [-0.2, -0.15) is 4.31 Å². The molecule has 0 aliphatic carbocycles. The Morgan fingerprint density at radius 2 is 1.90 bits per heavy atom. The molecular formula is C19H20N4O5S. The minimum atomic E-state index is -3.58. The zero-order valence-electron chi connectivity index (χ0n) is 15.5. The van der Waals surface area contributed by atoms with Gasteiger partial charge in [0.15, 0.2) is 0 Å². The van der Waals surface area contributed by atoms with Crippen molar-refractivity contribution in [3.63, 3.8) is 0 Å². The Hall–Kier alpha value is -3.11. The number of hydrogen-bond donors (Lipinski definition) is 1. The fourth-order valence-electron chi connectivity index (χ4n) is 3.06. The minimum Gasteiger partial charge on any atom is -0.320 e. The summed E-state index contributed by atoms with van der Waals surface area (Å²) >= 11 is 0. The van der Waals surface area contributed by atoms with E-state index >= 15 is 0 Å². The second kappa shape index (κ2) is 8.93. The predicted octanol–water partition coefficient (Wildman–Crippen LogP) is 2.64. The van der Waals surface area contributed by atoms with Gasteiger partial charge in [-0.1, -0.05) is 30.3 Å². The van der Waals surface area contributed by atoms with E-state index in [9.17, 15) is 23.3 Å². The highest BCUT2D eigenvalue weighted by Gasteiger charge is 2.30. The lowest BCUT2D eigenvalue weighted by molar-refractivity contribution is -0.384. The van der Waals surface area contributed by atoms with E-state index in [1.54, 1.807) is 12.1 Å². The van der Waals surface area contributed by atoms with Gasteiger partial charge in [0.05, 0.1) is 4.92 Å². The third-order valence-corrected chi connectivity index (χ3v) is 6.24. The van der Waals surface area contributed by atoms with E-state index in [1.165, 1.54) is 28.1 Å². The number of carbonyl (C=O) groups is 1. The summed E-state index contributed by atoms with van der Waals surface area (Å²) in [5.74, 6) is -0.788. The third kappa shape index (κ3) is 5.24. The minimum absolute atomic E-state index is 0.0795. The van der Waals surface area contributed by atoms with Crippen molar-refractivity contribution in [1.29, 1.82) is 0 Å². The number of aromatic nitrogens is 1. The van der Waals surface area contributed by atoms with Gasteiger partial charge in [-0.3, -0.25) is 19.9 Å². The monoisotopic (exact) mass is 416 g/mol. The molecule has 1 saturated heterocycles. The summed E-state index contributed by atoms with van der Waals surface area (Å²) < 4.78 is 26.3. The lowest BCUT2D eigenvalue weighted by Gasteiger charge is -2.29. The number of hydrogen-bond acceptors (Lipinski definition) is 6. The number of nitrogens with one attached hydrogen (secondary N) is 1. The summed E-state index contributed by atoms with van der Waals surface area (Å²) in [6.45, 7) is 0.413. The van der Waals surface area contributed by atoms with E-state index in [0.29, 0.717) is 12.8 Å². The molecule has 1 aliphatic heterocycles. The van der Waals surface area contributed by atoms with Gasteiger partial charge < -0.3 is 5.32 Å². The van der Waals surface area contributed by atoms with E-state index in [0.717, 1.165) is 11.8 Å². The molecule has 0 bridgehead atoms. The molecule has 29 heavy (non-hydrogen) atoms. The molecule has 1 aliphatic rings. The summed E-state index contributed by atoms with van der Waals surface area (Å²) in [6.07, 6.45) is 4.64. The fraction of sp³-hybridized carbons (Fsp3) is 0.263. The molecule has 10 heteroatoms. The van der Waals surface area contributed by atoms with Crippen LogP contribution in [0, 0.1) is 16.0 Å². The Morgan fingerprint density at radius 1 is 1.21 bits per heavy atom. The number of anilines is 1. The van der Waals surface area contributed by atoms with Gasteiger partial charge in [0.1, 0.15) is 11.9 Å². The first-order chi connectivity index (χ1) is 13.9. The molecule has 1 N–H and O–H groups in total. The first-order valence-electron chi connectivity index (χ1n) is 8.99. The Bertz CT molecular complexity index is 1020. The summed E-state index contributed by atoms with van der Waals surface area (Å²) in [5.41, 5.74) is 0.576. The van der Waals surface area contributed by atoms with E-state index in [1.807, 2.05) is 18.2 Å². The number of sulfonamides is 1. The summed E-state index contributed by atoms with van der Waals surface area (Å²) in [6, 6.07) is 10.5. The van der Waals surface area contributed by atoms with Crippen molar-refractivity contribution in [2.24, 2.45) is 5.92 Å². The highest BCUT2D eigenvalue weighted by molar-refractivity contribution is 7.92. The van der Waals surface area contributed by atoms with Crippen LogP contribution in [-0.2, 0) is 14.8 Å². The van der Waals surface area contributed by atoms with Crippen LogP contribution < -0.4 is 5.32 Å². The summed E-state index contributed by atoms with van der Waals surface area (Å²) in [5, 5.41) is 14.8. The van der Waals surface area contributed by atoms with Gasteiger partial charge in [-0.25, -0.2) is 8.42 Å². The van der Waals surface area contributed by atoms with Gasteiger partial charge in [0.25, 0.3) is 0 Å². The summed E-state index contributed by atoms with van der Waals surface area (Å²) in [4.78, 5) is 26.6. The van der Waals surface area contributed by atoms with Crippen LogP contribution in [0.25, 0.3) is 6.08 Å². The number of carbonyl (C=O) groups excluding carboxylic acids is 1. The van der Waals surface area contributed by atoms with Crippen molar-refractivity contribution in [2.45, 2.75) is 12.8 Å². The predicted molar refractivity (Wildman–Crippen MR) is 108 cm³/mol. The lowest BCUT2D eigenvalue weighted by Crippen LogP contribution is -2.40. The van der Waals surface area contributed by atoms with E-state index in [4.69, 9.17) is 0 Å². The molecule has 1 aromatic carbocycles. The van der Waals surface area contributed by atoms with Gasteiger partial charge >= 0.3 is 5.69 Å². The van der Waals surface area contributed by atoms with Crippen molar-refractivity contribution in [2.75, 3.05) is 18.4 Å². The maximum atomic E-state index is 12.5. The second-order valence-corrected chi connectivity index (χ2v) is 8.39. The zero-order chi connectivity index (χ0) is 20.9. The fourth-order valence-corrected chi connectivity index (χ4v) is 4.28. The number of pyridine rings is 1. The molecule has 9 nitrogen and oxygen atoms in total. The van der Waals surface area contributed by atoms with E-state index in [-0.39, 0.29) is 30.4 Å². The van der Waals surface area contributed by atoms with E-state index in [2.05, 4.69) is 10.3 Å². The standard InChI is InChI=1S/C19H20N4O5S/c24-19(21-17-6-10-20-14-18(17)23(25)26)16-7-11-22(12-8-16)29(27,28)13-9-15-4-2-1-3-5-15/h1-6,9-10,13-14,16H,7-8,11-12H2,(H,20,21,24)/b13-9+. The maximum absolute atomic E-state index is 12.5. The van der Waals surface area contributed by atoms with Crippen LogP contribution in [0.4, 0.5) is 11.4 Å². The van der Waals surface area contributed by atoms with Crippen LogP contribution in [-0.4, -0.2) is 41.6 Å². The Labute approximate surface area is 168 Å². The van der Waals surface area contributed by atoms with Crippen LogP contribution in [0.5, 0.6) is 0 Å². The first kappa shape index (κ1) is 20.6. The molecule has 1 fully saturated rings. The van der Waals surface area contributed by atoms with Gasteiger partial charge in [-0.15, -0.1) is 0 Å². The highest BCUT2D eigenvalue weighted by Crippen LogP contribution is 2.26. The SMILES string of the molecule is O=C(Nc1ccncc1[N+](=O)[O-])C1CCN(S(=O)(=O)/C=C/c2ccccc2)CC1. The average molecular weight is 416 g/mol. The van der Waals surface area contributed by atoms with Crippen molar-refractivity contribution in [3.8, 4) is 0 Å². The van der Waals surface area contributed by atoms with Crippen LogP contribution >= 0.6 is 0 Å². The van der Waals surface area contributed by atoms with Gasteiger partial charge in [0, 0.05) is 30.6 Å². The topological polar surface area (TPSA) is 123 Å². The van der Waals surface area contributed by atoms with Crippen LogP contribution in [0.2, 0.25) is 0 Å². The van der Waals surface area contributed by atoms with Gasteiger partial charge in [-0.05, 0) is 30.5 Å². The molecule has 0 atom stereocenters. The number of benzene rings is 1. The number of piperidine rings is 1. The molecular weight excluding hydrogens is 396 g/mol. The molecule has 3 rings (SSSR count). The summed E-state index contributed by atoms with van der Waals surface area (Å²) in [7, 11) is -3.58. The number of rotatable bonds is 6. The lowest BCUT2D eigenvalue weighted by atomic mass is 9.97. The largest absolute Gasteiger partial charge is 0.320 e. The van der Waals surface area contributed by atoms with Crippen molar-refractivity contribution >= 4 is 33.4 Å². The molecule has 1 aromatic heterocycles. The second-order valence-electron chi connectivity index (χ2n) is 6.57. The molecule has 0 spiro atoms. The third-order valence-electron chi connectivity index (χ3n) is 4.67.